The smallest absolute Gasteiger partial charge is 0.216 e. The Balaban J connectivity index is 4.16. The summed E-state index contributed by atoms with van der Waals surface area (Å²) in [5.74, 6) is 0.689. The highest BCUT2D eigenvalue weighted by Gasteiger charge is 2.27. The number of nitrogens with one attached hydrogen (secondary N) is 1. The first-order chi connectivity index (χ1) is 6.42. The van der Waals surface area contributed by atoms with Crippen molar-refractivity contribution in [1.82, 2.24) is 5.32 Å². The predicted molar refractivity (Wildman–Crippen MR) is 61.2 cm³/mol. The molecule has 0 aromatic rings. The van der Waals surface area contributed by atoms with Crippen LogP contribution in [0.1, 0.15) is 53.9 Å². The van der Waals surface area contributed by atoms with Gasteiger partial charge in [0.05, 0.1) is 0 Å². The van der Waals surface area contributed by atoms with Crippen LogP contribution >= 0.6 is 0 Å². The molecule has 0 spiro atoms. The van der Waals surface area contributed by atoms with Gasteiger partial charge in [-0.15, -0.1) is 0 Å². The summed E-state index contributed by atoms with van der Waals surface area (Å²) in [6.07, 6.45) is 3.66. The van der Waals surface area contributed by atoms with E-state index in [-0.39, 0.29) is 11.3 Å². The molecular formula is C12H25NO. The van der Waals surface area contributed by atoms with Gasteiger partial charge in [0.2, 0.25) is 5.91 Å². The molecule has 84 valence electrons. The van der Waals surface area contributed by atoms with Crippen LogP contribution < -0.4 is 5.32 Å². The Hall–Kier alpha value is -0.530. The van der Waals surface area contributed by atoms with Crippen LogP contribution in [0.4, 0.5) is 0 Å². The Morgan fingerprint density at radius 1 is 1.43 bits per heavy atom. The minimum absolute atomic E-state index is 0.0772. The van der Waals surface area contributed by atoms with Crippen LogP contribution in [0.25, 0.3) is 0 Å². The first-order valence-corrected chi connectivity index (χ1v) is 5.67. The molecule has 0 aliphatic carbocycles. The number of hydrogen-bond acceptors (Lipinski definition) is 1. The van der Waals surface area contributed by atoms with Gasteiger partial charge in [-0.1, -0.05) is 40.5 Å². The van der Waals surface area contributed by atoms with Gasteiger partial charge in [-0.25, -0.2) is 0 Å². The fourth-order valence-electron chi connectivity index (χ4n) is 1.49. The Morgan fingerprint density at radius 2 is 2.00 bits per heavy atom. The predicted octanol–water partition coefficient (Wildman–Crippen LogP) is 2.98. The van der Waals surface area contributed by atoms with E-state index < -0.39 is 0 Å². The summed E-state index contributed by atoms with van der Waals surface area (Å²) < 4.78 is 0. The van der Waals surface area contributed by atoms with Crippen molar-refractivity contribution in [2.24, 2.45) is 11.3 Å². The fourth-order valence-corrected chi connectivity index (χ4v) is 1.49. The van der Waals surface area contributed by atoms with Crippen molar-refractivity contribution < 1.29 is 4.79 Å². The zero-order valence-electron chi connectivity index (χ0n) is 10.3. The van der Waals surface area contributed by atoms with Gasteiger partial charge in [-0.2, -0.15) is 0 Å². The SMILES string of the molecule is CCCCC(C)(CNC(C)=O)C(C)C. The Bertz CT molecular complexity index is 177. The second-order valence-corrected chi connectivity index (χ2v) is 4.82. The second kappa shape index (κ2) is 6.05. The lowest BCUT2D eigenvalue weighted by atomic mass is 9.75. The van der Waals surface area contributed by atoms with Gasteiger partial charge in [0.25, 0.3) is 0 Å². The molecule has 1 unspecified atom stereocenters. The van der Waals surface area contributed by atoms with Gasteiger partial charge in [0.15, 0.2) is 0 Å². The molecule has 0 fully saturated rings. The number of carbonyl (C=O) groups is 1. The number of rotatable bonds is 6. The highest BCUT2D eigenvalue weighted by molar-refractivity contribution is 5.72. The Labute approximate surface area is 88.5 Å². The van der Waals surface area contributed by atoms with Crippen molar-refractivity contribution in [3.63, 3.8) is 0 Å². The van der Waals surface area contributed by atoms with E-state index in [2.05, 4.69) is 33.0 Å². The normalized spacial score (nSPS) is 15.3. The van der Waals surface area contributed by atoms with Crippen molar-refractivity contribution in [2.75, 3.05) is 6.54 Å². The largest absolute Gasteiger partial charge is 0.356 e. The highest BCUT2D eigenvalue weighted by Crippen LogP contribution is 2.32. The summed E-state index contributed by atoms with van der Waals surface area (Å²) in [7, 11) is 0. The van der Waals surface area contributed by atoms with E-state index in [0.717, 1.165) is 6.54 Å². The summed E-state index contributed by atoms with van der Waals surface area (Å²) in [4.78, 5) is 10.9. The quantitative estimate of drug-likeness (QED) is 0.700. The van der Waals surface area contributed by atoms with Crippen molar-refractivity contribution in [3.05, 3.63) is 0 Å². The minimum atomic E-state index is 0.0772. The molecule has 2 nitrogen and oxygen atoms in total. The van der Waals surface area contributed by atoms with E-state index in [4.69, 9.17) is 0 Å². The third-order valence-electron chi connectivity index (χ3n) is 3.24. The standard InChI is InChI=1S/C12H25NO/c1-6-7-8-12(5,10(2)3)9-13-11(4)14/h10H,6-9H2,1-5H3,(H,13,14). The van der Waals surface area contributed by atoms with E-state index in [9.17, 15) is 4.79 Å². The van der Waals surface area contributed by atoms with Crippen molar-refractivity contribution in [3.8, 4) is 0 Å². The Morgan fingerprint density at radius 3 is 2.36 bits per heavy atom. The van der Waals surface area contributed by atoms with Gasteiger partial charge in [0.1, 0.15) is 0 Å². The van der Waals surface area contributed by atoms with Gasteiger partial charge < -0.3 is 5.32 Å². The summed E-state index contributed by atoms with van der Waals surface area (Å²) in [5.41, 5.74) is 0.252. The van der Waals surface area contributed by atoms with Crippen molar-refractivity contribution in [1.29, 1.82) is 0 Å². The second-order valence-electron chi connectivity index (χ2n) is 4.82. The molecule has 0 aliphatic heterocycles. The summed E-state index contributed by atoms with van der Waals surface area (Å²) in [6, 6.07) is 0. The maximum atomic E-state index is 10.9. The van der Waals surface area contributed by atoms with Gasteiger partial charge >= 0.3 is 0 Å². The third-order valence-corrected chi connectivity index (χ3v) is 3.24. The van der Waals surface area contributed by atoms with Crippen molar-refractivity contribution >= 4 is 5.91 Å². The van der Waals surface area contributed by atoms with E-state index >= 15 is 0 Å². The van der Waals surface area contributed by atoms with Crippen molar-refractivity contribution in [2.45, 2.75) is 53.9 Å². The van der Waals surface area contributed by atoms with Crippen LogP contribution in [0.5, 0.6) is 0 Å². The molecule has 14 heavy (non-hydrogen) atoms. The first kappa shape index (κ1) is 13.5. The van der Waals surface area contributed by atoms with Gasteiger partial charge in [0, 0.05) is 13.5 Å². The van der Waals surface area contributed by atoms with Crippen LogP contribution in [0, 0.1) is 11.3 Å². The maximum absolute atomic E-state index is 10.9. The molecule has 0 bridgehead atoms. The lowest BCUT2D eigenvalue weighted by molar-refractivity contribution is -0.119. The van der Waals surface area contributed by atoms with E-state index in [1.54, 1.807) is 6.92 Å². The van der Waals surface area contributed by atoms with E-state index in [1.165, 1.54) is 19.3 Å². The maximum Gasteiger partial charge on any atom is 0.216 e. The summed E-state index contributed by atoms with van der Waals surface area (Å²) in [6.45, 7) is 11.3. The van der Waals surface area contributed by atoms with E-state index in [0.29, 0.717) is 5.92 Å². The average molecular weight is 199 g/mol. The fraction of sp³-hybridized carbons (Fsp3) is 0.917. The van der Waals surface area contributed by atoms with Crippen LogP contribution in [0.15, 0.2) is 0 Å². The molecule has 1 atom stereocenters. The molecular weight excluding hydrogens is 174 g/mol. The zero-order chi connectivity index (χ0) is 11.2. The molecule has 0 rings (SSSR count). The average Bonchev–Trinajstić information content (AvgIpc) is 2.11. The number of hydrogen-bond donors (Lipinski definition) is 1. The molecule has 0 heterocycles. The number of amides is 1. The zero-order valence-corrected chi connectivity index (χ0v) is 10.3. The van der Waals surface area contributed by atoms with Crippen LogP contribution in [0.2, 0.25) is 0 Å². The molecule has 0 aliphatic rings. The molecule has 1 amide bonds. The highest BCUT2D eigenvalue weighted by atomic mass is 16.1. The number of unbranched alkanes of at least 4 members (excludes halogenated alkanes) is 1. The summed E-state index contributed by atoms with van der Waals surface area (Å²) >= 11 is 0. The lowest BCUT2D eigenvalue weighted by Gasteiger charge is -2.34. The van der Waals surface area contributed by atoms with Crippen LogP contribution in [-0.2, 0) is 4.79 Å². The van der Waals surface area contributed by atoms with Gasteiger partial charge in [-0.05, 0) is 17.8 Å². The lowest BCUT2D eigenvalue weighted by Crippen LogP contribution is -2.38. The molecule has 0 saturated heterocycles. The van der Waals surface area contributed by atoms with Crippen LogP contribution in [-0.4, -0.2) is 12.5 Å². The molecule has 0 radical (unpaired) electrons. The van der Waals surface area contributed by atoms with E-state index in [1.807, 2.05) is 0 Å². The monoisotopic (exact) mass is 199 g/mol. The molecule has 0 aromatic heterocycles. The molecule has 0 aromatic carbocycles. The molecule has 0 saturated carbocycles. The molecule has 1 N–H and O–H groups in total. The third kappa shape index (κ3) is 4.64. The first-order valence-electron chi connectivity index (χ1n) is 5.67. The van der Waals surface area contributed by atoms with Gasteiger partial charge in [-0.3, -0.25) is 4.79 Å². The molecule has 2 heteroatoms. The topological polar surface area (TPSA) is 29.1 Å². The van der Waals surface area contributed by atoms with Crippen LogP contribution in [0.3, 0.4) is 0 Å². The summed E-state index contributed by atoms with van der Waals surface area (Å²) in [5, 5.41) is 2.94. The minimum Gasteiger partial charge on any atom is -0.356 e. The Kier molecular flexibility index (Phi) is 5.82. The number of carbonyl (C=O) groups excluding carboxylic acids is 1.